The average molecular weight is 420 g/mol. The van der Waals surface area contributed by atoms with Gasteiger partial charge in [0.15, 0.2) is 0 Å². The molecule has 0 N–H and O–H groups in total. The maximum absolute atomic E-state index is 6.52. The summed E-state index contributed by atoms with van der Waals surface area (Å²) in [7, 11) is -1.45. The third-order valence-corrected chi connectivity index (χ3v) is 6.52. The minimum atomic E-state index is -1.45. The Labute approximate surface area is 175 Å². The van der Waals surface area contributed by atoms with Gasteiger partial charge in [-0.3, -0.25) is 0 Å². The second-order valence-electron chi connectivity index (χ2n) is 9.83. The van der Waals surface area contributed by atoms with Crippen LogP contribution in [0.2, 0.25) is 0 Å². The monoisotopic (exact) mass is 420 g/mol. The number of ether oxygens (including phenoxy) is 2. The van der Waals surface area contributed by atoms with Crippen LogP contribution in [0, 0.1) is 0 Å². The first-order valence-corrected chi connectivity index (χ1v) is 11.2. The first-order valence-electron chi connectivity index (χ1n) is 9.99. The van der Waals surface area contributed by atoms with Crippen molar-refractivity contribution >= 4 is 25.5 Å². The summed E-state index contributed by atoms with van der Waals surface area (Å²) >= 11 is 0. The molecule has 0 amide bonds. The van der Waals surface area contributed by atoms with E-state index in [1.807, 2.05) is 85.7 Å². The van der Waals surface area contributed by atoms with E-state index in [0.717, 1.165) is 5.30 Å². The number of hydrogen-bond donors (Lipinski definition) is 0. The maximum atomic E-state index is 6.52. The third-order valence-electron chi connectivity index (χ3n) is 4.55. The van der Waals surface area contributed by atoms with E-state index in [1.54, 1.807) is 0 Å². The third kappa shape index (κ3) is 5.36. The lowest BCUT2D eigenvalue weighted by Crippen LogP contribution is -2.39. The van der Waals surface area contributed by atoms with E-state index >= 15 is 0 Å². The molecule has 3 rings (SSSR count). The summed E-state index contributed by atoms with van der Waals surface area (Å²) in [6, 6.07) is 9.97. The first-order chi connectivity index (χ1) is 13.3. The molecule has 160 valence electrons. The van der Waals surface area contributed by atoms with Gasteiger partial charge in [0.2, 0.25) is 20.2 Å². The standard InChI is InChI=1S/C22H33N2O4P/c1-19(2)14-25-17(23-19)21(5,6)27-29(16-12-10-9-11-13-16)28-22(7,8)18-24-20(3,4)15-26-18/h9-13H,14-15H2,1-8H3. The van der Waals surface area contributed by atoms with Crippen LogP contribution in [-0.4, -0.2) is 47.3 Å². The predicted octanol–water partition coefficient (Wildman–Crippen LogP) is 4.63. The smallest absolute Gasteiger partial charge is 0.217 e. The summed E-state index contributed by atoms with van der Waals surface area (Å²) in [6.45, 7) is 17.2. The van der Waals surface area contributed by atoms with E-state index in [0.29, 0.717) is 25.0 Å². The fourth-order valence-electron chi connectivity index (χ4n) is 2.95. The molecule has 0 aromatic heterocycles. The van der Waals surface area contributed by atoms with Crippen LogP contribution in [-0.2, 0) is 18.5 Å². The lowest BCUT2D eigenvalue weighted by Gasteiger charge is -2.34. The molecular formula is C22H33N2O4P. The van der Waals surface area contributed by atoms with Crippen LogP contribution in [0.3, 0.4) is 0 Å². The van der Waals surface area contributed by atoms with Gasteiger partial charge in [0.25, 0.3) is 0 Å². The highest BCUT2D eigenvalue weighted by molar-refractivity contribution is 7.56. The highest BCUT2D eigenvalue weighted by atomic mass is 31.2. The molecule has 1 aromatic carbocycles. The average Bonchev–Trinajstić information content (AvgIpc) is 3.17. The molecular weight excluding hydrogens is 387 g/mol. The largest absolute Gasteiger partial charge is 0.476 e. The van der Waals surface area contributed by atoms with Crippen molar-refractivity contribution in [2.45, 2.75) is 77.7 Å². The maximum Gasteiger partial charge on any atom is 0.217 e. The zero-order valence-corrected chi connectivity index (χ0v) is 19.7. The SMILES string of the molecule is CC1(C)COC(C(C)(C)OP(OC(C)(C)C2=NC(C)(C)CO2)c2ccccc2)=N1. The van der Waals surface area contributed by atoms with Gasteiger partial charge in [-0.05, 0) is 67.5 Å². The van der Waals surface area contributed by atoms with Gasteiger partial charge < -0.3 is 18.5 Å². The van der Waals surface area contributed by atoms with Crippen LogP contribution in [0.25, 0.3) is 0 Å². The van der Waals surface area contributed by atoms with Crippen molar-refractivity contribution < 1.29 is 18.5 Å². The molecule has 2 aliphatic rings. The minimum absolute atomic E-state index is 0.246. The second-order valence-corrected chi connectivity index (χ2v) is 11.2. The summed E-state index contributed by atoms with van der Waals surface area (Å²) in [5, 5.41) is 0.972. The highest BCUT2D eigenvalue weighted by Gasteiger charge is 2.43. The molecule has 0 radical (unpaired) electrons. The fourth-order valence-corrected chi connectivity index (χ4v) is 4.60. The summed E-state index contributed by atoms with van der Waals surface area (Å²) in [5.41, 5.74) is -1.96. The summed E-state index contributed by atoms with van der Waals surface area (Å²) in [5.74, 6) is 1.20. The Balaban J connectivity index is 1.86. The molecule has 2 aliphatic heterocycles. The molecule has 29 heavy (non-hydrogen) atoms. The quantitative estimate of drug-likeness (QED) is 0.604. The Morgan fingerprint density at radius 3 is 1.55 bits per heavy atom. The van der Waals surface area contributed by atoms with E-state index in [9.17, 15) is 0 Å². The molecule has 1 aromatic rings. The number of benzene rings is 1. The zero-order chi connectivity index (χ0) is 21.5. The van der Waals surface area contributed by atoms with Gasteiger partial charge in [-0.25, -0.2) is 9.98 Å². The van der Waals surface area contributed by atoms with Crippen LogP contribution in [0.4, 0.5) is 0 Å². The van der Waals surface area contributed by atoms with Gasteiger partial charge in [-0.1, -0.05) is 18.2 Å². The van der Waals surface area contributed by atoms with Crippen molar-refractivity contribution in [3.63, 3.8) is 0 Å². The molecule has 6 nitrogen and oxygen atoms in total. The van der Waals surface area contributed by atoms with E-state index in [2.05, 4.69) is 0 Å². The Hall–Kier alpha value is -1.49. The Morgan fingerprint density at radius 2 is 1.21 bits per heavy atom. The topological polar surface area (TPSA) is 61.6 Å². The summed E-state index contributed by atoms with van der Waals surface area (Å²) in [6.07, 6.45) is 0. The van der Waals surface area contributed by atoms with E-state index < -0.39 is 19.6 Å². The predicted molar refractivity (Wildman–Crippen MR) is 118 cm³/mol. The van der Waals surface area contributed by atoms with Gasteiger partial charge in [0, 0.05) is 5.30 Å². The summed E-state index contributed by atoms with van der Waals surface area (Å²) < 4.78 is 24.8. The minimum Gasteiger partial charge on any atom is -0.476 e. The Kier molecular flexibility index (Phi) is 5.85. The number of rotatable bonds is 7. The van der Waals surface area contributed by atoms with E-state index in [-0.39, 0.29) is 11.1 Å². The van der Waals surface area contributed by atoms with Crippen LogP contribution in [0.5, 0.6) is 0 Å². The Bertz CT molecular complexity index is 752. The van der Waals surface area contributed by atoms with Crippen molar-refractivity contribution in [2.75, 3.05) is 13.2 Å². The fraction of sp³-hybridized carbons (Fsp3) is 0.636. The van der Waals surface area contributed by atoms with Gasteiger partial charge >= 0.3 is 0 Å². The van der Waals surface area contributed by atoms with Crippen LogP contribution >= 0.6 is 8.38 Å². The second kappa shape index (κ2) is 7.64. The van der Waals surface area contributed by atoms with Gasteiger partial charge in [-0.15, -0.1) is 0 Å². The molecule has 0 unspecified atom stereocenters. The van der Waals surface area contributed by atoms with Crippen molar-refractivity contribution in [3.8, 4) is 0 Å². The molecule has 0 saturated carbocycles. The van der Waals surface area contributed by atoms with Gasteiger partial charge in [0.05, 0.1) is 11.1 Å². The lowest BCUT2D eigenvalue weighted by molar-refractivity contribution is 0.0973. The highest BCUT2D eigenvalue weighted by Crippen LogP contribution is 2.47. The van der Waals surface area contributed by atoms with Crippen molar-refractivity contribution in [3.05, 3.63) is 30.3 Å². The molecule has 0 saturated heterocycles. The molecule has 0 bridgehead atoms. The number of hydrogen-bond acceptors (Lipinski definition) is 6. The lowest BCUT2D eigenvalue weighted by atomic mass is 10.1. The van der Waals surface area contributed by atoms with Crippen molar-refractivity contribution in [1.29, 1.82) is 0 Å². The van der Waals surface area contributed by atoms with Gasteiger partial charge in [0.1, 0.15) is 24.4 Å². The molecule has 0 spiro atoms. The molecule has 0 atom stereocenters. The molecule has 0 fully saturated rings. The molecule has 7 heteroatoms. The summed E-state index contributed by atoms with van der Waals surface area (Å²) in [4.78, 5) is 9.42. The van der Waals surface area contributed by atoms with Crippen molar-refractivity contribution in [2.24, 2.45) is 9.98 Å². The van der Waals surface area contributed by atoms with Crippen LogP contribution in [0.1, 0.15) is 55.4 Å². The molecule has 2 heterocycles. The Morgan fingerprint density at radius 1 is 0.793 bits per heavy atom. The van der Waals surface area contributed by atoms with Crippen molar-refractivity contribution in [1.82, 2.24) is 0 Å². The number of nitrogens with zero attached hydrogens (tertiary/aromatic N) is 2. The van der Waals surface area contributed by atoms with Crippen LogP contribution in [0.15, 0.2) is 40.3 Å². The van der Waals surface area contributed by atoms with E-state index in [4.69, 9.17) is 28.5 Å². The normalized spacial score (nSPS) is 20.9. The zero-order valence-electron chi connectivity index (χ0n) is 18.8. The number of aliphatic imine (C=N–C) groups is 2. The van der Waals surface area contributed by atoms with Gasteiger partial charge in [-0.2, -0.15) is 0 Å². The van der Waals surface area contributed by atoms with Crippen LogP contribution < -0.4 is 5.30 Å². The molecule has 0 aliphatic carbocycles. The van der Waals surface area contributed by atoms with E-state index in [1.165, 1.54) is 0 Å². The first kappa shape index (κ1) is 22.2.